The molecule has 0 atom stereocenters. The first kappa shape index (κ1) is 53.7. The molecule has 14 aromatic rings. The lowest BCUT2D eigenvalue weighted by atomic mass is 9.97. The second-order valence-corrected chi connectivity index (χ2v) is 22.6. The SMILES string of the molecule is C1=CCCC(c2ccccc2Oc2ccc3c4nc5nc(nc6[nH]c(nc7nc(nc([nH]4)c3c2)-c2ccc(Oc3ccccc3-c3ccccc3)cc2-7)c2ccc(Oc3ccccc3-c3ccccc3)cc62)-c2ccc(Oc3ccccc3-c3ccccc3)cc2-5)=C1. The quantitative estimate of drug-likeness (QED) is 0.121. The molecule has 17 rings (SSSR count). The van der Waals surface area contributed by atoms with Gasteiger partial charge in [-0.3, -0.25) is 0 Å². The molecule has 8 bridgehead atoms. The fraction of sp³-hybridized carbons (Fsp3) is 0.0250. The largest absolute Gasteiger partial charge is 0.457 e. The molecule has 2 aliphatic heterocycles. The summed E-state index contributed by atoms with van der Waals surface area (Å²) in [6.45, 7) is 0. The van der Waals surface area contributed by atoms with Crippen LogP contribution in [0.2, 0.25) is 0 Å². The van der Waals surface area contributed by atoms with E-state index in [0.717, 1.165) is 90.2 Å². The number of para-hydroxylation sites is 4. The molecule has 0 fully saturated rings. The van der Waals surface area contributed by atoms with Crippen LogP contribution in [0.1, 0.15) is 18.4 Å². The molecule has 3 aliphatic rings. The van der Waals surface area contributed by atoms with Crippen molar-refractivity contribution in [2.45, 2.75) is 12.8 Å². The lowest BCUT2D eigenvalue weighted by Gasteiger charge is -2.15. The Balaban J connectivity index is 0.885. The van der Waals surface area contributed by atoms with Gasteiger partial charge in [0.15, 0.2) is 23.3 Å². The summed E-state index contributed by atoms with van der Waals surface area (Å²) in [6, 6.07) is 86.8. The van der Waals surface area contributed by atoms with Crippen molar-refractivity contribution >= 4 is 49.7 Å². The zero-order valence-corrected chi connectivity index (χ0v) is 49.3. The van der Waals surface area contributed by atoms with Crippen LogP contribution in [0.25, 0.3) is 129 Å². The van der Waals surface area contributed by atoms with Gasteiger partial charge in [0.1, 0.15) is 68.6 Å². The number of ether oxygens (including phenoxy) is 4. The first-order valence-corrected chi connectivity index (χ1v) is 30.5. The van der Waals surface area contributed by atoms with Crippen molar-refractivity contribution in [2.75, 3.05) is 0 Å². The van der Waals surface area contributed by atoms with Gasteiger partial charge in [-0.25, -0.2) is 29.9 Å². The van der Waals surface area contributed by atoms with E-state index in [4.69, 9.17) is 48.9 Å². The molecule has 3 aromatic heterocycles. The topological polar surface area (TPSA) is 146 Å². The second-order valence-electron chi connectivity index (χ2n) is 22.6. The molecule has 0 saturated heterocycles. The summed E-state index contributed by atoms with van der Waals surface area (Å²) in [7, 11) is 0. The van der Waals surface area contributed by atoms with E-state index in [1.54, 1.807) is 0 Å². The average Bonchev–Trinajstić information content (AvgIpc) is 1.62. The highest BCUT2D eigenvalue weighted by Crippen LogP contribution is 2.45. The Labute approximate surface area is 528 Å². The minimum Gasteiger partial charge on any atom is -0.457 e. The van der Waals surface area contributed by atoms with E-state index in [1.165, 1.54) is 5.57 Å². The predicted octanol–water partition coefficient (Wildman–Crippen LogP) is 20.8. The van der Waals surface area contributed by atoms with Crippen molar-refractivity contribution in [2.24, 2.45) is 0 Å². The Morgan fingerprint density at radius 3 is 1.01 bits per heavy atom. The molecular weight excluding hydrogens is 1140 g/mol. The van der Waals surface area contributed by atoms with Crippen LogP contribution in [-0.4, -0.2) is 39.9 Å². The van der Waals surface area contributed by atoms with Crippen LogP contribution in [-0.2, 0) is 0 Å². The number of hydrogen-bond acceptors (Lipinski definition) is 10. The number of rotatable bonds is 12. The average molecular weight is 1190 g/mol. The second kappa shape index (κ2) is 22.9. The molecule has 1 aliphatic carbocycles. The first-order chi connectivity index (χ1) is 45.5. The van der Waals surface area contributed by atoms with Crippen molar-refractivity contribution in [1.29, 1.82) is 0 Å². The fourth-order valence-electron chi connectivity index (χ4n) is 12.4. The maximum Gasteiger partial charge on any atom is 0.164 e. The summed E-state index contributed by atoms with van der Waals surface area (Å²) in [4.78, 5) is 39.7. The predicted molar refractivity (Wildman–Crippen MR) is 365 cm³/mol. The van der Waals surface area contributed by atoms with Crippen molar-refractivity contribution < 1.29 is 18.9 Å². The number of nitrogens with one attached hydrogen (secondary N) is 2. The van der Waals surface area contributed by atoms with Crippen LogP contribution >= 0.6 is 0 Å². The summed E-state index contributed by atoms with van der Waals surface area (Å²) in [5.41, 5.74) is 13.2. The van der Waals surface area contributed by atoms with E-state index in [2.05, 4.69) is 88.9 Å². The lowest BCUT2D eigenvalue weighted by molar-refractivity contribution is 0.481. The van der Waals surface area contributed by atoms with Gasteiger partial charge < -0.3 is 28.9 Å². The Morgan fingerprint density at radius 2 is 0.609 bits per heavy atom. The van der Waals surface area contributed by atoms with E-state index in [1.807, 2.05) is 200 Å². The summed E-state index contributed by atoms with van der Waals surface area (Å²) in [5.74, 6) is 6.95. The monoisotopic (exact) mass is 1190 g/mol. The number of fused-ring (bicyclic) bond motifs is 20. The van der Waals surface area contributed by atoms with Crippen molar-refractivity contribution in [3.05, 3.63) is 285 Å². The Kier molecular flexibility index (Phi) is 13.3. The van der Waals surface area contributed by atoms with Crippen LogP contribution in [0.4, 0.5) is 0 Å². The summed E-state index contributed by atoms with van der Waals surface area (Å²) in [6.07, 6.45) is 8.35. The smallest absolute Gasteiger partial charge is 0.164 e. The van der Waals surface area contributed by atoms with E-state index in [0.29, 0.717) is 97.3 Å². The van der Waals surface area contributed by atoms with Crippen LogP contribution in [0.5, 0.6) is 46.0 Å². The van der Waals surface area contributed by atoms with Crippen LogP contribution in [0, 0.1) is 0 Å². The molecule has 436 valence electrons. The van der Waals surface area contributed by atoms with Crippen molar-refractivity contribution in [3.63, 3.8) is 0 Å². The molecule has 0 spiro atoms. The third kappa shape index (κ3) is 10.1. The fourth-order valence-corrected chi connectivity index (χ4v) is 12.4. The summed E-state index contributed by atoms with van der Waals surface area (Å²) in [5, 5.41) is 3.04. The van der Waals surface area contributed by atoms with Gasteiger partial charge in [-0.15, -0.1) is 0 Å². The highest BCUT2D eigenvalue weighted by Gasteiger charge is 2.26. The molecule has 5 heterocycles. The van der Waals surface area contributed by atoms with Gasteiger partial charge in [0.2, 0.25) is 0 Å². The minimum absolute atomic E-state index is 0.410. The molecular formula is C80H52N8O4. The Hall–Kier alpha value is -12.5. The molecule has 0 unspecified atom stereocenters. The van der Waals surface area contributed by atoms with Crippen LogP contribution in [0.3, 0.4) is 0 Å². The van der Waals surface area contributed by atoms with Gasteiger partial charge in [0.05, 0.1) is 0 Å². The third-order valence-electron chi connectivity index (χ3n) is 16.8. The van der Waals surface area contributed by atoms with Gasteiger partial charge in [-0.1, -0.05) is 182 Å². The number of aromatic nitrogens is 8. The molecule has 0 amide bonds. The third-order valence-corrected chi connectivity index (χ3v) is 16.8. The number of benzene rings is 11. The number of H-pyrrole nitrogens is 2. The molecule has 12 nitrogen and oxygen atoms in total. The molecule has 92 heavy (non-hydrogen) atoms. The maximum absolute atomic E-state index is 6.85. The normalized spacial score (nSPS) is 12.3. The zero-order valence-electron chi connectivity index (χ0n) is 49.3. The summed E-state index contributed by atoms with van der Waals surface area (Å²) < 4.78 is 27.3. The number of aromatic amines is 2. The van der Waals surface area contributed by atoms with Gasteiger partial charge in [-0.2, -0.15) is 0 Å². The Morgan fingerprint density at radius 1 is 0.272 bits per heavy atom. The highest BCUT2D eigenvalue weighted by atomic mass is 16.5. The first-order valence-electron chi connectivity index (χ1n) is 30.5. The highest BCUT2D eigenvalue weighted by molar-refractivity contribution is 6.07. The van der Waals surface area contributed by atoms with Crippen molar-refractivity contribution in [1.82, 2.24) is 39.9 Å². The maximum atomic E-state index is 6.85. The van der Waals surface area contributed by atoms with Crippen LogP contribution < -0.4 is 18.9 Å². The molecule has 11 aromatic carbocycles. The number of nitrogens with zero attached hydrogens (tertiary/aromatic N) is 6. The minimum atomic E-state index is 0.410. The number of hydrogen-bond donors (Lipinski definition) is 2. The van der Waals surface area contributed by atoms with E-state index < -0.39 is 0 Å². The lowest BCUT2D eigenvalue weighted by Crippen LogP contribution is -1.93. The zero-order chi connectivity index (χ0) is 60.9. The molecule has 0 saturated carbocycles. The standard InChI is InChI=1S/C80H52N8O4/c1-5-21-49(22-6-1)57-29-13-17-33-69(57)89-53-37-41-61-65(45-53)77-81-73(61)86-78-67-47-55(91-71-35-19-15-31-59(71)51-25-9-3-10-26-51)39-43-63(67)75(83-78)88-80-68-48-56(92-72-36-20-16-32-60(72)52-27-11-4-12-28-52)40-44-64(68)76(84-80)87-79-66-46-54(38-42-62(66)74(82-79)85-77)90-70-34-18-14-30-58(70)50-23-7-2-8-24-50/h1-11,13-27,29-48H,12,28H2,(H2,81,82,83,84,85,86,87,88). The van der Waals surface area contributed by atoms with Crippen molar-refractivity contribution in [3.8, 4) is 125 Å². The van der Waals surface area contributed by atoms with Gasteiger partial charge in [-0.05, 0) is 132 Å². The van der Waals surface area contributed by atoms with E-state index >= 15 is 0 Å². The van der Waals surface area contributed by atoms with Gasteiger partial charge in [0.25, 0.3) is 0 Å². The molecule has 2 N–H and O–H groups in total. The van der Waals surface area contributed by atoms with Crippen LogP contribution in [0.15, 0.2) is 279 Å². The Bertz CT molecular complexity index is 5400. The van der Waals surface area contributed by atoms with E-state index in [9.17, 15) is 0 Å². The number of allylic oxidation sites excluding steroid dienone is 4. The summed E-state index contributed by atoms with van der Waals surface area (Å²) >= 11 is 0. The molecule has 0 radical (unpaired) electrons. The van der Waals surface area contributed by atoms with Gasteiger partial charge >= 0.3 is 0 Å². The van der Waals surface area contributed by atoms with Gasteiger partial charge in [0, 0.05) is 66.1 Å². The molecule has 12 heteroatoms. The van der Waals surface area contributed by atoms with E-state index in [-0.39, 0.29) is 0 Å².